The molecule has 2 amide bonds. The minimum Gasteiger partial charge on any atom is -0.383 e. The number of pyridine rings is 1. The molecule has 41 heavy (non-hydrogen) atoms. The number of carbonyl (C=O) groups is 2. The van der Waals surface area contributed by atoms with Crippen molar-refractivity contribution in [2.24, 2.45) is 0 Å². The van der Waals surface area contributed by atoms with E-state index in [9.17, 15) is 27.9 Å². The minimum atomic E-state index is -4.45. The first kappa shape index (κ1) is 29.8. The first-order chi connectivity index (χ1) is 19.2. The van der Waals surface area contributed by atoms with Crippen molar-refractivity contribution in [3.63, 3.8) is 0 Å². The monoisotopic (exact) mass is 584 g/mol. The van der Waals surface area contributed by atoms with E-state index in [0.717, 1.165) is 43.9 Å². The Kier molecular flexibility index (Phi) is 9.14. The normalized spacial score (nSPS) is 17.2. The summed E-state index contributed by atoms with van der Waals surface area (Å²) in [7, 11) is 0. The number of amides is 2. The van der Waals surface area contributed by atoms with Crippen molar-refractivity contribution in [1.29, 1.82) is 0 Å². The van der Waals surface area contributed by atoms with Crippen LogP contribution in [-0.4, -0.2) is 41.1 Å². The maximum absolute atomic E-state index is 13.1. The zero-order chi connectivity index (χ0) is 28.3. The molecule has 0 radical (unpaired) electrons. The average molecular weight is 585 g/mol. The molecule has 1 saturated heterocycles. The Morgan fingerprint density at radius 3 is 2.41 bits per heavy atom. The summed E-state index contributed by atoms with van der Waals surface area (Å²) < 4.78 is 39.4. The number of nitrogens with zero attached hydrogens (tertiary/aromatic N) is 2. The van der Waals surface area contributed by atoms with Crippen LogP contribution in [0.4, 0.5) is 30.4 Å². The van der Waals surface area contributed by atoms with E-state index in [1.165, 1.54) is 24.3 Å². The fraction of sp³-hybridized carbons (Fsp3) is 0.233. The summed E-state index contributed by atoms with van der Waals surface area (Å²) >= 11 is 0. The van der Waals surface area contributed by atoms with Crippen molar-refractivity contribution in [3.05, 3.63) is 101 Å². The number of rotatable bonds is 6. The van der Waals surface area contributed by atoms with Crippen LogP contribution in [0.1, 0.15) is 35.1 Å². The molecular formula is C30H28ClF3N4O3. The first-order valence-corrected chi connectivity index (χ1v) is 12.9. The Bertz CT molecular complexity index is 1470. The third-order valence-electron chi connectivity index (χ3n) is 6.91. The molecule has 0 spiro atoms. The fourth-order valence-electron chi connectivity index (χ4n) is 4.83. The molecule has 0 bridgehead atoms. The van der Waals surface area contributed by atoms with E-state index in [2.05, 4.69) is 20.5 Å². The molecule has 2 aliphatic rings. The van der Waals surface area contributed by atoms with E-state index < -0.39 is 29.7 Å². The minimum absolute atomic E-state index is 0. The molecule has 1 atom stereocenters. The molecule has 0 aliphatic carbocycles. The van der Waals surface area contributed by atoms with Crippen molar-refractivity contribution in [2.75, 3.05) is 28.6 Å². The van der Waals surface area contributed by atoms with Gasteiger partial charge in [-0.25, -0.2) is 4.98 Å². The largest absolute Gasteiger partial charge is 0.416 e. The van der Waals surface area contributed by atoms with Gasteiger partial charge in [0, 0.05) is 54.3 Å². The topological polar surface area (TPSA) is 94.6 Å². The van der Waals surface area contributed by atoms with E-state index in [1.807, 2.05) is 12.1 Å². The Labute approximate surface area is 241 Å². The number of hydrogen-bond donors (Lipinski definition) is 3. The van der Waals surface area contributed by atoms with Crippen LogP contribution in [0.15, 0.2) is 79.0 Å². The van der Waals surface area contributed by atoms with Crippen molar-refractivity contribution < 1.29 is 27.9 Å². The highest BCUT2D eigenvalue weighted by atomic mass is 35.5. The second kappa shape index (κ2) is 12.6. The average Bonchev–Trinajstić information content (AvgIpc) is 3.47. The van der Waals surface area contributed by atoms with Gasteiger partial charge in [0.05, 0.1) is 5.56 Å². The number of aromatic nitrogens is 1. The van der Waals surface area contributed by atoms with Gasteiger partial charge in [-0.2, -0.15) is 13.2 Å². The summed E-state index contributed by atoms with van der Waals surface area (Å²) in [5.41, 5.74) is 2.67. The maximum atomic E-state index is 13.1. The predicted molar refractivity (Wildman–Crippen MR) is 154 cm³/mol. The van der Waals surface area contributed by atoms with Gasteiger partial charge in [-0.15, -0.1) is 12.4 Å². The summed E-state index contributed by atoms with van der Waals surface area (Å²) in [5.74, 6) is -0.111. The quantitative estimate of drug-likeness (QED) is 0.259. The predicted octanol–water partition coefficient (Wildman–Crippen LogP) is 5.60. The van der Waals surface area contributed by atoms with E-state index in [4.69, 9.17) is 0 Å². The summed E-state index contributed by atoms with van der Waals surface area (Å²) in [6.07, 6.45) is 2.77. The molecule has 2 aromatic carbocycles. The van der Waals surface area contributed by atoms with Gasteiger partial charge >= 0.3 is 6.18 Å². The molecule has 2 aliphatic heterocycles. The number of anilines is 3. The van der Waals surface area contributed by atoms with Crippen LogP contribution in [-0.2, 0) is 22.2 Å². The number of fused-ring (bicyclic) bond motifs is 1. The zero-order valence-electron chi connectivity index (χ0n) is 21.8. The van der Waals surface area contributed by atoms with Crippen molar-refractivity contribution in [1.82, 2.24) is 4.98 Å². The number of allylic oxidation sites excluding steroid dienone is 2. The van der Waals surface area contributed by atoms with Crippen molar-refractivity contribution in [2.45, 2.75) is 31.5 Å². The van der Waals surface area contributed by atoms with Gasteiger partial charge in [-0.05, 0) is 60.4 Å². The van der Waals surface area contributed by atoms with Gasteiger partial charge in [0.25, 0.3) is 5.91 Å². The SMILES string of the molecule is Cl.O=C(C=CC=C(c1ccc(C(F)(F)F)cc1)c1ccc(N2CCCC2)nc1)Nc1cccc2c1CC(O)C(=O)N2. The molecule has 5 rings (SSSR count). The van der Waals surface area contributed by atoms with Gasteiger partial charge in [0.1, 0.15) is 11.9 Å². The summed E-state index contributed by atoms with van der Waals surface area (Å²) in [6, 6.07) is 13.6. The van der Waals surface area contributed by atoms with Gasteiger partial charge in [0.2, 0.25) is 5.91 Å². The molecule has 11 heteroatoms. The second-order valence-electron chi connectivity index (χ2n) is 9.64. The second-order valence-corrected chi connectivity index (χ2v) is 9.64. The van der Waals surface area contributed by atoms with Gasteiger partial charge in [-0.3, -0.25) is 9.59 Å². The molecule has 3 aromatic rings. The third kappa shape index (κ3) is 6.96. The number of alkyl halides is 3. The van der Waals surface area contributed by atoms with Crippen LogP contribution in [0.2, 0.25) is 0 Å². The van der Waals surface area contributed by atoms with Crippen LogP contribution in [0.5, 0.6) is 0 Å². The molecule has 1 fully saturated rings. The number of nitrogens with one attached hydrogen (secondary N) is 2. The third-order valence-corrected chi connectivity index (χ3v) is 6.91. The number of aliphatic hydroxyl groups is 1. The van der Waals surface area contributed by atoms with E-state index in [1.54, 1.807) is 30.5 Å². The maximum Gasteiger partial charge on any atom is 0.416 e. The van der Waals surface area contributed by atoms with Gasteiger partial charge < -0.3 is 20.6 Å². The smallest absolute Gasteiger partial charge is 0.383 e. The Balaban J connectivity index is 0.00000387. The Morgan fingerprint density at radius 2 is 1.76 bits per heavy atom. The lowest BCUT2D eigenvalue weighted by molar-refractivity contribution is -0.137. The van der Waals surface area contributed by atoms with Crippen LogP contribution in [0, 0.1) is 0 Å². The number of aliphatic hydroxyl groups excluding tert-OH is 1. The Hall–Kier alpha value is -4.15. The highest BCUT2D eigenvalue weighted by Gasteiger charge is 2.30. The van der Waals surface area contributed by atoms with Crippen LogP contribution >= 0.6 is 12.4 Å². The summed E-state index contributed by atoms with van der Waals surface area (Å²) in [4.78, 5) is 31.2. The first-order valence-electron chi connectivity index (χ1n) is 12.9. The molecule has 7 nitrogen and oxygen atoms in total. The van der Waals surface area contributed by atoms with E-state index in [-0.39, 0.29) is 18.8 Å². The van der Waals surface area contributed by atoms with E-state index in [0.29, 0.717) is 33.6 Å². The zero-order valence-corrected chi connectivity index (χ0v) is 22.6. The molecular weight excluding hydrogens is 557 g/mol. The molecule has 3 N–H and O–H groups in total. The highest BCUT2D eigenvalue weighted by molar-refractivity contribution is 6.03. The van der Waals surface area contributed by atoms with Crippen LogP contribution in [0.3, 0.4) is 0 Å². The van der Waals surface area contributed by atoms with Crippen LogP contribution in [0.25, 0.3) is 5.57 Å². The lowest BCUT2D eigenvalue weighted by atomic mass is 9.97. The number of hydrogen-bond acceptors (Lipinski definition) is 5. The standard InChI is InChI=1S/C30H27F3N4O3.ClH/c31-30(32,33)21-12-9-19(10-13-21)22(20-11-14-27(34-18-20)37-15-1-2-16-37)5-3-8-28(39)35-24-6-4-7-25-23(24)17-26(38)29(40)36-25;/h3-14,18,26,38H,1-2,15-17H2,(H,35,39)(H,36,40);1H. The highest BCUT2D eigenvalue weighted by Crippen LogP contribution is 2.32. The molecule has 1 unspecified atom stereocenters. The van der Waals surface area contributed by atoms with Crippen molar-refractivity contribution in [3.8, 4) is 0 Å². The van der Waals surface area contributed by atoms with Crippen molar-refractivity contribution >= 4 is 47.0 Å². The number of carbonyl (C=O) groups excluding carboxylic acids is 2. The number of benzene rings is 2. The molecule has 0 saturated carbocycles. The summed E-state index contributed by atoms with van der Waals surface area (Å²) in [6.45, 7) is 1.86. The van der Waals surface area contributed by atoms with Gasteiger partial charge in [0.15, 0.2) is 0 Å². The van der Waals surface area contributed by atoms with Gasteiger partial charge in [-0.1, -0.05) is 30.4 Å². The molecule has 3 heterocycles. The van der Waals surface area contributed by atoms with E-state index >= 15 is 0 Å². The summed E-state index contributed by atoms with van der Waals surface area (Å²) in [5, 5.41) is 15.3. The van der Waals surface area contributed by atoms with Crippen LogP contribution < -0.4 is 15.5 Å². The lowest BCUT2D eigenvalue weighted by Gasteiger charge is -2.23. The Morgan fingerprint density at radius 1 is 1.05 bits per heavy atom. The lowest BCUT2D eigenvalue weighted by Crippen LogP contribution is -2.34. The fourth-order valence-corrected chi connectivity index (χ4v) is 4.83. The molecule has 214 valence electrons. The number of halogens is 4. The molecule has 1 aromatic heterocycles.